The number of methoxy groups -OCH3 is 2. The van der Waals surface area contributed by atoms with Crippen molar-refractivity contribution >= 4 is 62.0 Å². The van der Waals surface area contributed by atoms with Crippen LogP contribution in [0.2, 0.25) is 0 Å². The minimum absolute atomic E-state index is 0.0614. The van der Waals surface area contributed by atoms with E-state index in [1.807, 2.05) is 68.3 Å². The third-order valence-corrected chi connectivity index (χ3v) is 14.6. The highest BCUT2D eigenvalue weighted by Gasteiger charge is 2.51. The molecule has 1 N–H and O–H groups in total. The Kier molecular flexibility index (Phi) is 36.7. The van der Waals surface area contributed by atoms with Crippen LogP contribution in [0.5, 0.6) is 23.0 Å². The molecule has 98 heavy (non-hydrogen) atoms. The Balaban J connectivity index is 0.000000322. The molecule has 2 aliphatic rings. The fourth-order valence-electron chi connectivity index (χ4n) is 9.52. The molecule has 0 bridgehead atoms. The Hall–Kier alpha value is -10.3. The standard InChI is InChI=1S/C40H44N2O12.C18H18N2O4.C15H20O3.CH2O/c1-3-36(44)50-19-7-5-4-6-18-49-31-15-11-29(12-16-31)37(54-46)33-17-10-28(20-30(33)23-48-26-43)22-42-41-21-27-8-13-32(14-9-27)53-40(45)34-24-51-39-35(47-2)25-52-38(34)39;1-13-4-6-14(7-5-13)11-19-20-12-15-8-9-17(24-23-3)16(10-15)18(21)22-2;1-2-15(16)18-13-9-4-3-8-12-17-14-10-6-5-7-11-14;1-2/h3,8-17,20-22,26,34-35,37-39,46H,1,4-7,18-19,23-25H2,2H3;4-12H,1-3H3;2,5-7,10-11H,1,3-4,8-9,12-13H2;1H2/b41-21+,42-22+;19-11+,20-12+;;. The molecule has 6 aromatic carbocycles. The summed E-state index contributed by atoms with van der Waals surface area (Å²) in [5, 5.41) is 26.1. The van der Waals surface area contributed by atoms with E-state index in [1.54, 1.807) is 104 Å². The molecule has 8 rings (SSSR count). The van der Waals surface area contributed by atoms with Crippen molar-refractivity contribution in [3.05, 3.63) is 215 Å². The minimum Gasteiger partial charge on any atom is -0.494 e. The lowest BCUT2D eigenvalue weighted by atomic mass is 9.95. The second kappa shape index (κ2) is 45.9. The van der Waals surface area contributed by atoms with Crippen LogP contribution in [0.15, 0.2) is 185 Å². The molecule has 0 amide bonds. The van der Waals surface area contributed by atoms with Crippen molar-refractivity contribution in [2.45, 2.75) is 89.3 Å². The van der Waals surface area contributed by atoms with Gasteiger partial charge in [0.25, 0.3) is 6.47 Å². The SMILES string of the molecule is C=CC(=O)OCCCCCCOc1ccc(C(OO)c2ccc(/C=N/N=C/c3ccc(OC(=O)C4COC5C(OC)COC45)cc3)cc2COC=O)cc1.C=CC(=O)OCCCCCCOc1ccccc1.C=O.COOc1ccc(/C=N/N=C/c2ccc(C)cc2)cc1C(=O)OC. The third-order valence-electron chi connectivity index (χ3n) is 14.6. The smallest absolute Gasteiger partial charge is 0.341 e. The van der Waals surface area contributed by atoms with Gasteiger partial charge in [-0.2, -0.15) is 25.3 Å². The van der Waals surface area contributed by atoms with Crippen LogP contribution in [-0.2, 0) is 73.5 Å². The number of carbonyl (C=O) groups is 6. The molecule has 0 saturated carbocycles. The largest absolute Gasteiger partial charge is 0.494 e. The summed E-state index contributed by atoms with van der Waals surface area (Å²) < 4.78 is 53.4. The summed E-state index contributed by atoms with van der Waals surface area (Å²) in [7, 11) is 4.25. The maximum absolute atomic E-state index is 12.8. The van der Waals surface area contributed by atoms with Gasteiger partial charge in [0.2, 0.25) is 0 Å². The van der Waals surface area contributed by atoms with Gasteiger partial charge in [0, 0.05) is 19.3 Å². The number of ether oxygens (including phenoxy) is 10. The second-order valence-electron chi connectivity index (χ2n) is 21.4. The molecule has 24 heteroatoms. The Morgan fingerprint density at radius 2 is 1.10 bits per heavy atom. The van der Waals surface area contributed by atoms with Crippen molar-refractivity contribution in [1.29, 1.82) is 0 Å². The first-order valence-electron chi connectivity index (χ1n) is 31.4. The molecule has 0 radical (unpaired) electrons. The van der Waals surface area contributed by atoms with Gasteiger partial charge in [-0.3, -0.25) is 14.8 Å². The highest BCUT2D eigenvalue weighted by atomic mass is 17.2. The molecule has 2 aliphatic heterocycles. The predicted octanol–water partition coefficient (Wildman–Crippen LogP) is 11.7. The number of carbonyl (C=O) groups excluding carboxylic acids is 6. The normalized spacial score (nSPS) is 15.4. The average Bonchev–Trinajstić information content (AvgIpc) is 1.61. The van der Waals surface area contributed by atoms with Gasteiger partial charge in [0.1, 0.15) is 66.5 Å². The van der Waals surface area contributed by atoms with Crippen LogP contribution in [0.1, 0.15) is 112 Å². The molecule has 24 nitrogen and oxygen atoms in total. The Morgan fingerprint density at radius 1 is 0.592 bits per heavy atom. The van der Waals surface area contributed by atoms with Crippen LogP contribution in [0.4, 0.5) is 0 Å². The lowest BCUT2D eigenvalue weighted by molar-refractivity contribution is -0.270. The quantitative estimate of drug-likeness (QED) is 0.00440. The molecule has 520 valence electrons. The molecular weight excluding hydrogens is 1260 g/mol. The van der Waals surface area contributed by atoms with E-state index in [1.165, 1.54) is 38.3 Å². The number of fused-ring (bicyclic) bond motifs is 1. The van der Waals surface area contributed by atoms with E-state index >= 15 is 0 Å². The molecule has 5 atom stereocenters. The van der Waals surface area contributed by atoms with E-state index in [4.69, 9.17) is 61.9 Å². The second-order valence-corrected chi connectivity index (χ2v) is 21.4. The zero-order valence-corrected chi connectivity index (χ0v) is 55.4. The number of hydrogen-bond donors (Lipinski definition) is 1. The van der Waals surface area contributed by atoms with Crippen molar-refractivity contribution in [3.8, 4) is 23.0 Å². The van der Waals surface area contributed by atoms with Gasteiger partial charge in [0.05, 0.1) is 78.7 Å². The van der Waals surface area contributed by atoms with Gasteiger partial charge in [0.15, 0.2) is 5.75 Å². The monoisotopic (exact) mass is 1350 g/mol. The summed E-state index contributed by atoms with van der Waals surface area (Å²) in [6.45, 7) is 13.7. The molecule has 0 spiro atoms. The first-order valence-corrected chi connectivity index (χ1v) is 31.4. The van der Waals surface area contributed by atoms with Crippen molar-refractivity contribution in [1.82, 2.24) is 0 Å². The van der Waals surface area contributed by atoms with Gasteiger partial charge >= 0.3 is 23.9 Å². The summed E-state index contributed by atoms with van der Waals surface area (Å²) >= 11 is 0. The van der Waals surface area contributed by atoms with E-state index < -0.39 is 29.9 Å². The van der Waals surface area contributed by atoms with Gasteiger partial charge in [-0.05, 0) is 170 Å². The van der Waals surface area contributed by atoms with Gasteiger partial charge in [-0.25, -0.2) is 19.3 Å². The number of para-hydroxylation sites is 1. The Bertz CT molecular complexity index is 3510. The fourth-order valence-corrected chi connectivity index (χ4v) is 9.52. The lowest BCUT2D eigenvalue weighted by Gasteiger charge is -2.19. The zero-order chi connectivity index (χ0) is 70.5. The van der Waals surface area contributed by atoms with E-state index in [9.17, 15) is 29.2 Å². The Morgan fingerprint density at radius 3 is 1.64 bits per heavy atom. The molecule has 2 fully saturated rings. The van der Waals surface area contributed by atoms with Crippen LogP contribution in [0.3, 0.4) is 0 Å². The van der Waals surface area contributed by atoms with Crippen molar-refractivity contribution < 1.29 is 96.1 Å². The van der Waals surface area contributed by atoms with E-state index in [2.05, 4.69) is 38.5 Å². The summed E-state index contributed by atoms with van der Waals surface area (Å²) in [5.74, 6) is 0.00246. The van der Waals surface area contributed by atoms with E-state index in [0.717, 1.165) is 80.9 Å². The highest BCUT2D eigenvalue weighted by Crippen LogP contribution is 2.34. The number of aryl methyl sites for hydroxylation is 1. The summed E-state index contributed by atoms with van der Waals surface area (Å²) in [6, 6.07) is 41.9. The number of esters is 4. The molecule has 2 saturated heterocycles. The highest BCUT2D eigenvalue weighted by molar-refractivity contribution is 5.95. The van der Waals surface area contributed by atoms with Crippen LogP contribution in [0, 0.1) is 12.8 Å². The van der Waals surface area contributed by atoms with Crippen LogP contribution < -0.4 is 19.1 Å². The molecule has 2 heterocycles. The van der Waals surface area contributed by atoms with Crippen molar-refractivity contribution in [2.24, 2.45) is 26.3 Å². The third kappa shape index (κ3) is 27.8. The number of hydrogen-bond acceptors (Lipinski definition) is 24. The fraction of sp³-hybridized carbons (Fsp3) is 0.324. The van der Waals surface area contributed by atoms with Crippen LogP contribution >= 0.6 is 0 Å². The van der Waals surface area contributed by atoms with Gasteiger partial charge in [-0.1, -0.05) is 85.5 Å². The van der Waals surface area contributed by atoms with Crippen LogP contribution in [0.25, 0.3) is 0 Å². The zero-order valence-electron chi connectivity index (χ0n) is 55.4. The molecule has 5 unspecified atom stereocenters. The number of rotatable bonds is 36. The molecular formula is C74H84N4O20. The first-order chi connectivity index (χ1) is 47.9. The number of nitrogens with zero attached hydrogens (tertiary/aromatic N) is 4. The van der Waals surface area contributed by atoms with Gasteiger partial charge in [-0.15, -0.1) is 0 Å². The summed E-state index contributed by atoms with van der Waals surface area (Å²) in [5.41, 5.74) is 6.30. The van der Waals surface area contributed by atoms with Crippen molar-refractivity contribution in [3.63, 3.8) is 0 Å². The summed E-state index contributed by atoms with van der Waals surface area (Å²) in [4.78, 5) is 79.8. The average molecular weight is 1350 g/mol. The maximum Gasteiger partial charge on any atom is 0.341 e. The van der Waals surface area contributed by atoms with E-state index in [-0.39, 0.29) is 48.8 Å². The maximum atomic E-state index is 12.8. The number of benzene rings is 6. The molecule has 0 aromatic heterocycles. The van der Waals surface area contributed by atoms with E-state index in [0.29, 0.717) is 72.2 Å². The molecule has 6 aromatic rings. The topological polar surface area (TPSA) is 292 Å². The predicted molar refractivity (Wildman–Crippen MR) is 366 cm³/mol. The number of unbranched alkanes of at least 4 members (excludes halogenated alkanes) is 6. The van der Waals surface area contributed by atoms with Gasteiger partial charge < -0.3 is 57.1 Å². The first kappa shape index (κ1) is 78.4. The van der Waals surface area contributed by atoms with Crippen LogP contribution in [-0.4, -0.2) is 147 Å². The molecule has 0 aliphatic carbocycles. The summed E-state index contributed by atoms with van der Waals surface area (Å²) in [6.07, 6.45) is 14.4. The lowest BCUT2D eigenvalue weighted by Crippen LogP contribution is -2.34. The Labute approximate surface area is 570 Å². The minimum atomic E-state index is -0.867. The van der Waals surface area contributed by atoms with Crippen molar-refractivity contribution in [2.75, 3.05) is 61.0 Å².